The lowest BCUT2D eigenvalue weighted by Gasteiger charge is -2.01. The minimum atomic E-state index is -0.455. The third-order valence-corrected chi connectivity index (χ3v) is 3.14. The molecule has 0 spiro atoms. The maximum Gasteiger partial charge on any atom is 0.373 e. The van der Waals surface area contributed by atoms with E-state index in [1.807, 2.05) is 24.3 Å². The predicted molar refractivity (Wildman–Crippen MR) is 67.0 cm³/mol. The number of hydrogen-bond donors (Lipinski definition) is 0. The van der Waals surface area contributed by atoms with Crippen LogP contribution in [0.5, 0.6) is 0 Å². The minimum absolute atomic E-state index is 0.231. The Morgan fingerprint density at radius 1 is 1.29 bits per heavy atom. The molecule has 0 fully saturated rings. The molecule has 0 aliphatic carbocycles. The maximum atomic E-state index is 11.2. The first kappa shape index (κ1) is 11.9. The van der Waals surface area contributed by atoms with Gasteiger partial charge in [-0.2, -0.15) is 0 Å². The Bertz CT molecular complexity index is 531. The molecule has 1 aromatic carbocycles. The first-order valence-corrected chi connectivity index (χ1v) is 5.90. The molecule has 2 aromatic rings. The monoisotopic (exact) mass is 294 g/mol. The van der Waals surface area contributed by atoms with Crippen LogP contribution in [0.15, 0.2) is 45.3 Å². The Labute approximate surface area is 108 Å². The number of esters is 1. The van der Waals surface area contributed by atoms with Gasteiger partial charge >= 0.3 is 5.97 Å². The Balaban J connectivity index is 2.17. The normalized spacial score (nSPS) is 10.2. The second-order valence-electron chi connectivity index (χ2n) is 3.53. The molecule has 0 atom stereocenters. The van der Waals surface area contributed by atoms with Crippen LogP contribution in [0.3, 0.4) is 0 Å². The number of hydrogen-bond acceptors (Lipinski definition) is 3. The molecule has 1 aromatic heterocycles. The van der Waals surface area contributed by atoms with Gasteiger partial charge in [-0.25, -0.2) is 4.79 Å². The van der Waals surface area contributed by atoms with Crippen LogP contribution in [0.4, 0.5) is 0 Å². The number of benzene rings is 1. The van der Waals surface area contributed by atoms with Crippen molar-refractivity contribution in [2.24, 2.45) is 0 Å². The van der Waals surface area contributed by atoms with Crippen molar-refractivity contribution in [2.75, 3.05) is 7.11 Å². The summed E-state index contributed by atoms with van der Waals surface area (Å²) < 4.78 is 11.0. The summed E-state index contributed by atoms with van der Waals surface area (Å²) in [6.45, 7) is 0. The topological polar surface area (TPSA) is 39.4 Å². The molecule has 0 saturated carbocycles. The van der Waals surface area contributed by atoms with Crippen LogP contribution in [0.25, 0.3) is 0 Å². The highest BCUT2D eigenvalue weighted by atomic mass is 79.9. The zero-order chi connectivity index (χ0) is 12.3. The van der Waals surface area contributed by atoms with Crippen molar-refractivity contribution in [1.82, 2.24) is 0 Å². The molecule has 0 saturated heterocycles. The predicted octanol–water partition coefficient (Wildman–Crippen LogP) is 3.42. The van der Waals surface area contributed by atoms with E-state index >= 15 is 0 Å². The van der Waals surface area contributed by atoms with Gasteiger partial charge in [0, 0.05) is 10.9 Å². The summed E-state index contributed by atoms with van der Waals surface area (Å²) in [5.41, 5.74) is 1.11. The van der Waals surface area contributed by atoms with Gasteiger partial charge in [-0.15, -0.1) is 0 Å². The van der Waals surface area contributed by atoms with Crippen LogP contribution in [0.1, 0.15) is 21.9 Å². The lowest BCUT2D eigenvalue weighted by molar-refractivity contribution is 0.0563. The van der Waals surface area contributed by atoms with Crippen LogP contribution >= 0.6 is 15.9 Å². The van der Waals surface area contributed by atoms with Crippen molar-refractivity contribution in [3.05, 3.63) is 58.0 Å². The van der Waals surface area contributed by atoms with Crippen molar-refractivity contribution in [2.45, 2.75) is 6.42 Å². The number of carbonyl (C=O) groups is 1. The summed E-state index contributed by atoms with van der Waals surface area (Å²) >= 11 is 3.47. The number of furan rings is 1. The summed E-state index contributed by atoms with van der Waals surface area (Å²) in [5.74, 6) is 0.509. The molecule has 0 radical (unpaired) electrons. The summed E-state index contributed by atoms with van der Waals surface area (Å²) in [6.07, 6.45) is 0.637. The summed E-state index contributed by atoms with van der Waals surface area (Å²) in [6, 6.07) is 11.3. The zero-order valence-electron chi connectivity index (χ0n) is 9.27. The molecule has 88 valence electrons. The van der Waals surface area contributed by atoms with E-state index in [2.05, 4.69) is 20.7 Å². The van der Waals surface area contributed by atoms with Gasteiger partial charge in [0.25, 0.3) is 0 Å². The van der Waals surface area contributed by atoms with E-state index in [9.17, 15) is 4.79 Å². The van der Waals surface area contributed by atoms with Crippen LogP contribution in [-0.2, 0) is 11.2 Å². The molecule has 2 rings (SSSR count). The molecule has 3 nitrogen and oxygen atoms in total. The molecule has 0 amide bonds. The first-order valence-electron chi connectivity index (χ1n) is 5.11. The van der Waals surface area contributed by atoms with Crippen molar-refractivity contribution in [3.8, 4) is 0 Å². The first-order chi connectivity index (χ1) is 8.20. The largest absolute Gasteiger partial charge is 0.463 e. The average molecular weight is 295 g/mol. The van der Waals surface area contributed by atoms with Crippen LogP contribution in [0.2, 0.25) is 0 Å². The molecule has 4 heteroatoms. The molecular weight excluding hydrogens is 284 g/mol. The third-order valence-electron chi connectivity index (χ3n) is 2.37. The van der Waals surface area contributed by atoms with Crippen LogP contribution in [0, 0.1) is 0 Å². The third kappa shape index (κ3) is 2.77. The van der Waals surface area contributed by atoms with E-state index in [0.717, 1.165) is 15.8 Å². The van der Waals surface area contributed by atoms with E-state index < -0.39 is 5.97 Å². The number of rotatable bonds is 3. The fourth-order valence-corrected chi connectivity index (χ4v) is 1.94. The van der Waals surface area contributed by atoms with Gasteiger partial charge in [0.1, 0.15) is 5.76 Å². The zero-order valence-corrected chi connectivity index (χ0v) is 10.9. The van der Waals surface area contributed by atoms with Crippen molar-refractivity contribution >= 4 is 21.9 Å². The standard InChI is InChI=1S/C13H11BrO3/c1-16-13(15)12-7-6-10(17-12)8-9-4-2-3-5-11(9)14/h2-7H,8H2,1H3. The van der Waals surface area contributed by atoms with Gasteiger partial charge in [0.05, 0.1) is 7.11 Å². The molecule has 0 aliphatic rings. The van der Waals surface area contributed by atoms with Gasteiger partial charge in [-0.1, -0.05) is 34.1 Å². The molecule has 0 N–H and O–H groups in total. The highest BCUT2D eigenvalue weighted by molar-refractivity contribution is 9.10. The number of ether oxygens (including phenoxy) is 1. The summed E-state index contributed by atoms with van der Waals surface area (Å²) in [5, 5.41) is 0. The SMILES string of the molecule is COC(=O)c1ccc(Cc2ccccc2Br)o1. The smallest absolute Gasteiger partial charge is 0.373 e. The van der Waals surface area contributed by atoms with E-state index in [1.165, 1.54) is 7.11 Å². The number of carbonyl (C=O) groups excluding carboxylic acids is 1. The Kier molecular flexibility index (Phi) is 3.64. The Morgan fingerprint density at radius 3 is 2.76 bits per heavy atom. The van der Waals surface area contributed by atoms with E-state index in [1.54, 1.807) is 12.1 Å². The average Bonchev–Trinajstić information content (AvgIpc) is 2.80. The number of halogens is 1. The fourth-order valence-electron chi connectivity index (χ4n) is 1.51. The molecule has 0 aliphatic heterocycles. The molecule has 17 heavy (non-hydrogen) atoms. The quantitative estimate of drug-likeness (QED) is 0.814. The van der Waals surface area contributed by atoms with Gasteiger partial charge in [0.15, 0.2) is 0 Å². The molecule has 0 unspecified atom stereocenters. The van der Waals surface area contributed by atoms with Crippen molar-refractivity contribution in [1.29, 1.82) is 0 Å². The second-order valence-corrected chi connectivity index (χ2v) is 4.38. The Hall–Kier alpha value is -1.55. The van der Waals surface area contributed by atoms with Gasteiger partial charge < -0.3 is 9.15 Å². The molecule has 1 heterocycles. The second kappa shape index (κ2) is 5.19. The minimum Gasteiger partial charge on any atom is -0.463 e. The van der Waals surface area contributed by atoms with E-state index in [4.69, 9.17) is 4.42 Å². The highest BCUT2D eigenvalue weighted by Crippen LogP contribution is 2.20. The van der Waals surface area contributed by atoms with E-state index in [-0.39, 0.29) is 5.76 Å². The lowest BCUT2D eigenvalue weighted by atomic mass is 10.1. The van der Waals surface area contributed by atoms with Crippen LogP contribution < -0.4 is 0 Å². The van der Waals surface area contributed by atoms with Gasteiger partial charge in [0.2, 0.25) is 5.76 Å². The lowest BCUT2D eigenvalue weighted by Crippen LogP contribution is -1.98. The highest BCUT2D eigenvalue weighted by Gasteiger charge is 2.11. The summed E-state index contributed by atoms with van der Waals surface area (Å²) in [7, 11) is 1.33. The van der Waals surface area contributed by atoms with Crippen molar-refractivity contribution < 1.29 is 13.9 Å². The van der Waals surface area contributed by atoms with E-state index in [0.29, 0.717) is 6.42 Å². The Morgan fingerprint density at radius 2 is 2.06 bits per heavy atom. The van der Waals surface area contributed by atoms with Crippen LogP contribution in [-0.4, -0.2) is 13.1 Å². The maximum absolute atomic E-state index is 11.2. The van der Waals surface area contributed by atoms with Gasteiger partial charge in [-0.05, 0) is 23.8 Å². The number of methoxy groups -OCH3 is 1. The molecule has 0 bridgehead atoms. The summed E-state index contributed by atoms with van der Waals surface area (Å²) in [4.78, 5) is 11.2. The molecular formula is C13H11BrO3. The van der Waals surface area contributed by atoms with Gasteiger partial charge in [-0.3, -0.25) is 0 Å². The fraction of sp³-hybridized carbons (Fsp3) is 0.154. The van der Waals surface area contributed by atoms with Crippen molar-refractivity contribution in [3.63, 3.8) is 0 Å².